The number of amides is 2. The average Bonchev–Trinajstić information content (AvgIpc) is 3.52. The number of nitriles is 1. The Balaban J connectivity index is 0.883. The van der Waals surface area contributed by atoms with E-state index in [1.54, 1.807) is 6.20 Å². The van der Waals surface area contributed by atoms with E-state index in [-0.39, 0.29) is 18.0 Å². The summed E-state index contributed by atoms with van der Waals surface area (Å²) in [5.41, 5.74) is 9.10. The third-order valence-electron chi connectivity index (χ3n) is 12.9. The number of benzene rings is 3. The van der Waals surface area contributed by atoms with Gasteiger partial charge in [0, 0.05) is 78.1 Å². The first-order valence-electron chi connectivity index (χ1n) is 21.2. The predicted molar refractivity (Wildman–Crippen MR) is 238 cm³/mol. The Morgan fingerprint density at radius 2 is 1.82 bits per heavy atom. The maximum absolute atomic E-state index is 13.0. The number of furan rings is 1. The first-order valence-corrected chi connectivity index (χ1v) is 23.2. The molecule has 6 aromatic rings. The van der Waals surface area contributed by atoms with Crippen molar-refractivity contribution in [2.24, 2.45) is 5.92 Å². The van der Waals surface area contributed by atoms with Crippen molar-refractivity contribution in [3.63, 3.8) is 0 Å². The fraction of sp³-hybridized carbons (Fsp3) is 0.340. The molecule has 62 heavy (non-hydrogen) atoms. The first-order chi connectivity index (χ1) is 30.0. The van der Waals surface area contributed by atoms with Crippen LogP contribution < -0.4 is 20.7 Å². The van der Waals surface area contributed by atoms with Crippen LogP contribution in [0, 0.1) is 24.2 Å². The second-order valence-electron chi connectivity index (χ2n) is 17.0. The number of nitrogens with zero attached hydrogens (tertiary/aromatic N) is 4. The zero-order chi connectivity index (χ0) is 42.7. The van der Waals surface area contributed by atoms with E-state index < -0.39 is 27.1 Å². The Hall–Kier alpha value is -5.85. The van der Waals surface area contributed by atoms with E-state index in [1.165, 1.54) is 0 Å². The van der Waals surface area contributed by atoms with Crippen molar-refractivity contribution in [3.05, 3.63) is 106 Å². The molecule has 5 heterocycles. The number of nitrogens with one attached hydrogen (secondary N) is 4. The lowest BCUT2D eigenvalue weighted by molar-refractivity contribution is -0.123. The molecular weight excluding hydrogens is 824 g/mol. The Bertz CT molecular complexity index is 2960. The lowest BCUT2D eigenvalue weighted by atomic mass is 9.96. The van der Waals surface area contributed by atoms with Crippen LogP contribution >= 0.6 is 11.6 Å². The fourth-order valence-electron chi connectivity index (χ4n) is 9.48. The van der Waals surface area contributed by atoms with Gasteiger partial charge in [0.2, 0.25) is 21.8 Å². The van der Waals surface area contributed by atoms with Crippen LogP contribution in [0.25, 0.3) is 44.3 Å². The number of anilines is 2. The van der Waals surface area contributed by atoms with Gasteiger partial charge in [-0.15, -0.1) is 0 Å². The number of aromatic nitrogens is 2. The maximum atomic E-state index is 13.0. The molecule has 4 N–H and O–H groups in total. The number of sulfonamides is 1. The van der Waals surface area contributed by atoms with E-state index in [2.05, 4.69) is 48.8 Å². The van der Waals surface area contributed by atoms with Crippen LogP contribution in [-0.2, 0) is 32.6 Å². The summed E-state index contributed by atoms with van der Waals surface area (Å²) < 4.78 is 33.7. The lowest BCUT2D eigenvalue weighted by Gasteiger charge is -2.25. The molecule has 2 aliphatic carbocycles. The summed E-state index contributed by atoms with van der Waals surface area (Å²) in [7, 11) is -3.60. The summed E-state index contributed by atoms with van der Waals surface area (Å²) in [6, 6.07) is 22.6. The standard InChI is InChI=1S/C47H45ClN8O5S/c1-26-33(4-3-7-39(26)54-46-44-28(14-16-51-46)18-27(23-52-44)22-50-24-31-8-13-42(57)53-31)35-5-2-6-36(43(35)48)41-20-30-19-37-34(38(21-49)45(30)61-41)11-12-40(37)56-17-15-29(25-56)47(58)55-62(59,60)32-9-10-32/h2-7,14,16,18-20,23,29,31-32,40,50H,8-13,15,17,22,24-25H2,1H3,(H,51,54)(H,53,57)(H,55,58)/t29-,31+,40-/m1/s1. The molecule has 2 aliphatic heterocycles. The van der Waals surface area contributed by atoms with Crippen LogP contribution in [-0.4, -0.2) is 66.0 Å². The number of carbonyl (C=O) groups excluding carboxylic acids is 2. The Morgan fingerprint density at radius 1 is 1.00 bits per heavy atom. The van der Waals surface area contributed by atoms with Gasteiger partial charge in [0.15, 0.2) is 11.4 Å². The van der Waals surface area contributed by atoms with E-state index in [1.807, 2.05) is 61.7 Å². The second kappa shape index (κ2) is 16.1. The second-order valence-corrected chi connectivity index (χ2v) is 19.3. The Morgan fingerprint density at radius 3 is 2.63 bits per heavy atom. The molecule has 4 aliphatic rings. The number of hydrogen-bond donors (Lipinski definition) is 4. The minimum absolute atomic E-state index is 0.00641. The molecule has 2 saturated heterocycles. The van der Waals surface area contributed by atoms with Crippen molar-refractivity contribution in [2.75, 3.05) is 25.0 Å². The molecule has 13 nitrogen and oxygen atoms in total. The van der Waals surface area contributed by atoms with Crippen LogP contribution in [0.5, 0.6) is 0 Å². The van der Waals surface area contributed by atoms with Gasteiger partial charge < -0.3 is 20.4 Å². The SMILES string of the molecule is Cc1c(Nc2nccc3cc(CNC[C@@H]4CCC(=O)N4)cnc23)cccc1-c1cccc(-c2cc3cc4c(c(C#N)c3o2)CC[C@H]4N2CC[C@@H](C(=O)NS(=O)(=O)C3CC3)C2)c1Cl. The number of likely N-dealkylation sites (tertiary alicyclic amines) is 1. The summed E-state index contributed by atoms with van der Waals surface area (Å²) in [6.45, 7) is 4.52. The third kappa shape index (κ3) is 7.57. The number of pyridine rings is 2. The minimum atomic E-state index is -3.60. The summed E-state index contributed by atoms with van der Waals surface area (Å²) in [6.07, 6.45) is 8.33. The van der Waals surface area contributed by atoms with Crippen LogP contribution in [0.4, 0.5) is 11.5 Å². The monoisotopic (exact) mass is 868 g/mol. The molecule has 0 radical (unpaired) electrons. The topological polar surface area (TPSA) is 182 Å². The predicted octanol–water partition coefficient (Wildman–Crippen LogP) is 7.57. The van der Waals surface area contributed by atoms with Crippen LogP contribution in [0.15, 0.2) is 77.5 Å². The molecule has 0 spiro atoms. The molecule has 15 heteroatoms. The smallest absolute Gasteiger partial charge is 0.237 e. The van der Waals surface area contributed by atoms with Crippen molar-refractivity contribution in [1.29, 1.82) is 5.26 Å². The zero-order valence-electron chi connectivity index (χ0n) is 34.1. The van der Waals surface area contributed by atoms with Gasteiger partial charge in [-0.05, 0) is 116 Å². The number of carbonyl (C=O) groups is 2. The highest BCUT2D eigenvalue weighted by molar-refractivity contribution is 7.90. The van der Waals surface area contributed by atoms with Crippen LogP contribution in [0.1, 0.15) is 72.4 Å². The van der Waals surface area contributed by atoms with Gasteiger partial charge in [0.05, 0.1) is 21.8 Å². The molecule has 10 rings (SSSR count). The summed E-state index contributed by atoms with van der Waals surface area (Å²) in [5.74, 6) is 0.467. The zero-order valence-corrected chi connectivity index (χ0v) is 35.7. The van der Waals surface area contributed by atoms with Gasteiger partial charge in [0.25, 0.3) is 0 Å². The molecule has 3 atom stereocenters. The number of halogens is 1. The molecule has 3 aromatic carbocycles. The average molecular weight is 869 g/mol. The lowest BCUT2D eigenvalue weighted by Crippen LogP contribution is -2.38. The van der Waals surface area contributed by atoms with Gasteiger partial charge >= 0.3 is 0 Å². The summed E-state index contributed by atoms with van der Waals surface area (Å²) in [5, 5.41) is 22.2. The molecule has 1 saturated carbocycles. The maximum Gasteiger partial charge on any atom is 0.237 e. The highest BCUT2D eigenvalue weighted by Crippen LogP contribution is 2.46. The largest absolute Gasteiger partial charge is 0.455 e. The quantitative estimate of drug-likeness (QED) is 0.0952. The minimum Gasteiger partial charge on any atom is -0.455 e. The van der Waals surface area contributed by atoms with E-state index >= 15 is 0 Å². The van der Waals surface area contributed by atoms with Gasteiger partial charge in [0.1, 0.15) is 17.3 Å². The van der Waals surface area contributed by atoms with Crippen LogP contribution in [0.2, 0.25) is 5.02 Å². The van der Waals surface area contributed by atoms with Gasteiger partial charge in [-0.1, -0.05) is 35.9 Å². The van der Waals surface area contributed by atoms with Crippen molar-refractivity contribution in [3.8, 4) is 28.5 Å². The number of fused-ring (bicyclic) bond motifs is 3. The number of hydrogen-bond acceptors (Lipinski definition) is 11. The Kier molecular flexibility index (Phi) is 10.5. The van der Waals surface area contributed by atoms with E-state index in [0.29, 0.717) is 91.6 Å². The molecule has 3 fully saturated rings. The van der Waals surface area contributed by atoms with Crippen molar-refractivity contribution in [1.82, 2.24) is 30.2 Å². The molecule has 316 valence electrons. The van der Waals surface area contributed by atoms with Crippen LogP contribution in [0.3, 0.4) is 0 Å². The molecule has 0 bridgehead atoms. The highest BCUT2D eigenvalue weighted by atomic mass is 35.5. The fourth-order valence-corrected chi connectivity index (χ4v) is 11.2. The van der Waals surface area contributed by atoms with E-state index in [0.717, 1.165) is 68.2 Å². The molecular formula is C47H45ClN8O5S. The third-order valence-corrected chi connectivity index (χ3v) is 15.2. The van der Waals surface area contributed by atoms with E-state index in [9.17, 15) is 23.3 Å². The van der Waals surface area contributed by atoms with E-state index in [4.69, 9.17) is 21.0 Å². The summed E-state index contributed by atoms with van der Waals surface area (Å²) >= 11 is 7.28. The first kappa shape index (κ1) is 40.2. The number of rotatable bonds is 12. The van der Waals surface area contributed by atoms with Gasteiger partial charge in [-0.2, -0.15) is 5.26 Å². The summed E-state index contributed by atoms with van der Waals surface area (Å²) in [4.78, 5) is 36.2. The van der Waals surface area contributed by atoms with Crippen molar-refractivity contribution in [2.45, 2.75) is 75.7 Å². The highest BCUT2D eigenvalue weighted by Gasteiger charge is 2.41. The van der Waals surface area contributed by atoms with Gasteiger partial charge in [-0.25, -0.2) is 13.4 Å². The molecule has 3 aromatic heterocycles. The van der Waals surface area contributed by atoms with Crippen molar-refractivity contribution >= 4 is 66.8 Å². The molecule has 0 unspecified atom stereocenters. The normalized spacial score (nSPS) is 20.1. The Labute approximate surface area is 364 Å². The molecule has 2 amide bonds. The van der Waals surface area contributed by atoms with Crippen molar-refractivity contribution < 1.29 is 22.4 Å². The van der Waals surface area contributed by atoms with Gasteiger partial charge in [-0.3, -0.25) is 24.2 Å².